The molecule has 0 amide bonds. The molecule has 1 unspecified atom stereocenters. The lowest BCUT2D eigenvalue weighted by Gasteiger charge is -2.24. The first kappa shape index (κ1) is 9.17. The maximum atomic E-state index is 3.73. The summed E-state index contributed by atoms with van der Waals surface area (Å²) >= 11 is 0. The molecule has 0 spiro atoms. The van der Waals surface area contributed by atoms with Crippen LogP contribution in [0.5, 0.6) is 0 Å². The minimum atomic E-state index is 0.830. The molecule has 3 fully saturated rings. The number of nitrogens with one attached hydrogen (secondary N) is 1. The molecule has 14 heavy (non-hydrogen) atoms. The maximum Gasteiger partial charge on any atom is 0.0223 e. The molecule has 2 saturated carbocycles. The van der Waals surface area contributed by atoms with Gasteiger partial charge in [0.05, 0.1) is 0 Å². The van der Waals surface area contributed by atoms with E-state index in [2.05, 4.69) is 10.2 Å². The van der Waals surface area contributed by atoms with E-state index in [4.69, 9.17) is 0 Å². The van der Waals surface area contributed by atoms with Crippen LogP contribution in [-0.4, -0.2) is 37.1 Å². The fraction of sp³-hybridized carbons (Fsp3) is 1.00. The highest BCUT2D eigenvalue weighted by molar-refractivity contribution is 4.91. The van der Waals surface area contributed by atoms with Crippen LogP contribution in [0.2, 0.25) is 0 Å². The van der Waals surface area contributed by atoms with Crippen molar-refractivity contribution in [3.8, 4) is 0 Å². The van der Waals surface area contributed by atoms with E-state index in [1.54, 1.807) is 0 Å². The van der Waals surface area contributed by atoms with Crippen LogP contribution in [0.1, 0.15) is 32.1 Å². The van der Waals surface area contributed by atoms with Crippen LogP contribution in [0.4, 0.5) is 0 Å². The Hall–Kier alpha value is -0.0800. The van der Waals surface area contributed by atoms with Crippen molar-refractivity contribution < 1.29 is 0 Å². The van der Waals surface area contributed by atoms with Gasteiger partial charge in [-0.15, -0.1) is 0 Å². The Kier molecular flexibility index (Phi) is 2.50. The van der Waals surface area contributed by atoms with Gasteiger partial charge in [0, 0.05) is 19.1 Å². The number of hydrogen-bond acceptors (Lipinski definition) is 2. The molecule has 3 aliphatic rings. The van der Waals surface area contributed by atoms with Gasteiger partial charge in [0.2, 0.25) is 0 Å². The quantitative estimate of drug-likeness (QED) is 0.732. The molecule has 1 saturated heterocycles. The van der Waals surface area contributed by atoms with Crippen molar-refractivity contribution in [3.05, 3.63) is 0 Å². The minimum Gasteiger partial charge on any atom is -0.312 e. The normalized spacial score (nSPS) is 35.6. The molecule has 1 heterocycles. The SMILES string of the molecule is C1CNC(C2CC2)CN(CC2CC2)C1. The first-order valence-electron chi connectivity index (χ1n) is 6.37. The molecular formula is C12H22N2. The highest BCUT2D eigenvalue weighted by Gasteiger charge is 2.34. The van der Waals surface area contributed by atoms with E-state index in [1.807, 2.05) is 0 Å². The summed E-state index contributed by atoms with van der Waals surface area (Å²) in [6.07, 6.45) is 7.32. The molecule has 2 aliphatic carbocycles. The summed E-state index contributed by atoms with van der Waals surface area (Å²) in [5, 5.41) is 3.73. The summed E-state index contributed by atoms with van der Waals surface area (Å²) in [6, 6.07) is 0.830. The van der Waals surface area contributed by atoms with Gasteiger partial charge in [-0.25, -0.2) is 0 Å². The van der Waals surface area contributed by atoms with Crippen LogP contribution in [0.3, 0.4) is 0 Å². The summed E-state index contributed by atoms with van der Waals surface area (Å²) in [5.74, 6) is 2.09. The Morgan fingerprint density at radius 2 is 2.00 bits per heavy atom. The van der Waals surface area contributed by atoms with Gasteiger partial charge in [0.25, 0.3) is 0 Å². The summed E-state index contributed by atoms with van der Waals surface area (Å²) in [7, 11) is 0. The van der Waals surface area contributed by atoms with Crippen LogP contribution >= 0.6 is 0 Å². The van der Waals surface area contributed by atoms with Crippen molar-refractivity contribution in [3.63, 3.8) is 0 Å². The van der Waals surface area contributed by atoms with Crippen molar-refractivity contribution in [2.45, 2.75) is 38.1 Å². The van der Waals surface area contributed by atoms with Gasteiger partial charge in [0.15, 0.2) is 0 Å². The lowest BCUT2D eigenvalue weighted by molar-refractivity contribution is 0.249. The summed E-state index contributed by atoms with van der Waals surface area (Å²) < 4.78 is 0. The van der Waals surface area contributed by atoms with E-state index in [-0.39, 0.29) is 0 Å². The smallest absolute Gasteiger partial charge is 0.0223 e. The molecule has 0 aromatic heterocycles. The van der Waals surface area contributed by atoms with Gasteiger partial charge in [-0.1, -0.05) is 0 Å². The third-order valence-electron chi connectivity index (χ3n) is 3.92. The molecule has 1 N–H and O–H groups in total. The number of nitrogens with zero attached hydrogens (tertiary/aromatic N) is 1. The second-order valence-corrected chi connectivity index (χ2v) is 5.45. The molecule has 2 heteroatoms. The van der Waals surface area contributed by atoms with Crippen molar-refractivity contribution in [1.82, 2.24) is 10.2 Å². The zero-order valence-corrected chi connectivity index (χ0v) is 9.04. The van der Waals surface area contributed by atoms with Crippen LogP contribution in [0.25, 0.3) is 0 Å². The molecule has 1 aliphatic heterocycles. The van der Waals surface area contributed by atoms with E-state index in [9.17, 15) is 0 Å². The second kappa shape index (κ2) is 3.82. The van der Waals surface area contributed by atoms with E-state index >= 15 is 0 Å². The van der Waals surface area contributed by atoms with Crippen LogP contribution in [-0.2, 0) is 0 Å². The Morgan fingerprint density at radius 3 is 2.71 bits per heavy atom. The highest BCUT2D eigenvalue weighted by Crippen LogP contribution is 2.35. The first-order chi connectivity index (χ1) is 6.92. The highest BCUT2D eigenvalue weighted by atomic mass is 15.2. The van der Waals surface area contributed by atoms with Gasteiger partial charge in [0.1, 0.15) is 0 Å². The van der Waals surface area contributed by atoms with Gasteiger partial charge in [-0.3, -0.25) is 0 Å². The molecule has 0 aromatic rings. The molecule has 0 aromatic carbocycles. The van der Waals surface area contributed by atoms with Gasteiger partial charge < -0.3 is 10.2 Å². The minimum absolute atomic E-state index is 0.830. The van der Waals surface area contributed by atoms with Gasteiger partial charge in [-0.2, -0.15) is 0 Å². The second-order valence-electron chi connectivity index (χ2n) is 5.45. The molecule has 1 atom stereocenters. The first-order valence-corrected chi connectivity index (χ1v) is 6.37. The fourth-order valence-corrected chi connectivity index (χ4v) is 2.67. The Morgan fingerprint density at radius 1 is 1.14 bits per heavy atom. The molecule has 0 radical (unpaired) electrons. The van der Waals surface area contributed by atoms with Gasteiger partial charge in [-0.05, 0) is 57.0 Å². The van der Waals surface area contributed by atoms with Crippen LogP contribution in [0.15, 0.2) is 0 Å². The average molecular weight is 194 g/mol. The Labute approximate surface area is 87.0 Å². The van der Waals surface area contributed by atoms with Gasteiger partial charge >= 0.3 is 0 Å². The number of hydrogen-bond donors (Lipinski definition) is 1. The lowest BCUT2D eigenvalue weighted by Crippen LogP contribution is -2.39. The summed E-state index contributed by atoms with van der Waals surface area (Å²) in [5.41, 5.74) is 0. The van der Waals surface area contributed by atoms with E-state index in [0.717, 1.165) is 17.9 Å². The molecule has 2 nitrogen and oxygen atoms in total. The largest absolute Gasteiger partial charge is 0.312 e. The predicted molar refractivity (Wildman–Crippen MR) is 58.3 cm³/mol. The third kappa shape index (κ3) is 2.29. The molecule has 3 rings (SSSR count). The predicted octanol–water partition coefficient (Wildman–Crippen LogP) is 1.47. The molecule has 80 valence electrons. The van der Waals surface area contributed by atoms with E-state index in [1.165, 1.54) is 58.3 Å². The van der Waals surface area contributed by atoms with E-state index < -0.39 is 0 Å². The summed E-state index contributed by atoms with van der Waals surface area (Å²) in [6.45, 7) is 5.32. The fourth-order valence-electron chi connectivity index (χ4n) is 2.67. The molecule has 0 bridgehead atoms. The zero-order chi connectivity index (χ0) is 9.38. The van der Waals surface area contributed by atoms with Crippen molar-refractivity contribution in [2.75, 3.05) is 26.2 Å². The third-order valence-corrected chi connectivity index (χ3v) is 3.92. The van der Waals surface area contributed by atoms with E-state index in [0.29, 0.717) is 0 Å². The van der Waals surface area contributed by atoms with Crippen molar-refractivity contribution in [2.24, 2.45) is 11.8 Å². The van der Waals surface area contributed by atoms with Crippen LogP contribution < -0.4 is 5.32 Å². The standard InChI is InChI=1S/C12H22N2/c1-6-13-12(11-4-5-11)9-14(7-1)8-10-2-3-10/h10-13H,1-9H2. The molecular weight excluding hydrogens is 172 g/mol. The average Bonchev–Trinajstić information content (AvgIpc) is 3.05. The topological polar surface area (TPSA) is 15.3 Å². The zero-order valence-electron chi connectivity index (χ0n) is 9.04. The summed E-state index contributed by atoms with van der Waals surface area (Å²) in [4.78, 5) is 2.72. The lowest BCUT2D eigenvalue weighted by atomic mass is 10.2. The number of rotatable bonds is 3. The van der Waals surface area contributed by atoms with Crippen molar-refractivity contribution in [1.29, 1.82) is 0 Å². The van der Waals surface area contributed by atoms with Crippen molar-refractivity contribution >= 4 is 0 Å². The maximum absolute atomic E-state index is 3.73. The Bertz CT molecular complexity index is 196. The Balaban J connectivity index is 1.53. The monoisotopic (exact) mass is 194 g/mol. The van der Waals surface area contributed by atoms with Crippen LogP contribution in [0, 0.1) is 11.8 Å².